The van der Waals surface area contributed by atoms with Crippen molar-refractivity contribution in [2.45, 2.75) is 38.5 Å². The van der Waals surface area contributed by atoms with Crippen LogP contribution in [0.25, 0.3) is 99.3 Å². The average molecular weight is 766 g/mol. The van der Waals surface area contributed by atoms with Crippen LogP contribution in [0.5, 0.6) is 0 Å². The Morgan fingerprint density at radius 1 is 0.300 bits per heavy atom. The lowest BCUT2D eigenvalue weighted by atomic mass is 9.77. The number of fused-ring (bicyclic) bond motifs is 11. The number of hydrogen-bond donors (Lipinski definition) is 0. The van der Waals surface area contributed by atoms with E-state index in [2.05, 4.69) is 216 Å². The maximum Gasteiger partial charge on any atom is 0.0715 e. The van der Waals surface area contributed by atoms with E-state index in [1.165, 1.54) is 93.5 Å². The summed E-state index contributed by atoms with van der Waals surface area (Å²) in [7, 11) is 0. The summed E-state index contributed by atoms with van der Waals surface area (Å²) in [5.74, 6) is 0. The molecule has 2 aliphatic rings. The summed E-state index contributed by atoms with van der Waals surface area (Å²) < 4.78 is 0. The van der Waals surface area contributed by atoms with Crippen molar-refractivity contribution in [3.05, 3.63) is 210 Å². The van der Waals surface area contributed by atoms with Gasteiger partial charge in [-0.1, -0.05) is 198 Å². The van der Waals surface area contributed by atoms with Crippen molar-refractivity contribution in [2.75, 3.05) is 0 Å². The van der Waals surface area contributed by atoms with E-state index < -0.39 is 0 Å². The first-order valence-corrected chi connectivity index (χ1v) is 21.2. The average Bonchev–Trinajstić information content (AvgIpc) is 3.67. The van der Waals surface area contributed by atoms with Crippen molar-refractivity contribution in [1.29, 1.82) is 0 Å². The molecule has 0 N–H and O–H groups in total. The Morgan fingerprint density at radius 2 is 0.733 bits per heavy atom. The normalized spacial score (nSPS) is 14.3. The van der Waals surface area contributed by atoms with Crippen molar-refractivity contribution in [3.8, 4) is 67.0 Å². The number of pyridine rings is 1. The number of benzene rings is 9. The predicted molar refractivity (Wildman–Crippen MR) is 254 cm³/mol. The molecular weight excluding hydrogens is 723 g/mol. The van der Waals surface area contributed by atoms with E-state index in [1.807, 2.05) is 0 Å². The number of nitrogens with zero attached hydrogens (tertiary/aromatic N) is 1. The zero-order valence-corrected chi connectivity index (χ0v) is 34.3. The third-order valence-corrected chi connectivity index (χ3v) is 13.8. The van der Waals surface area contributed by atoms with Gasteiger partial charge >= 0.3 is 0 Å². The first-order chi connectivity index (χ1) is 29.3. The molecule has 9 aromatic carbocycles. The molecule has 12 rings (SSSR count). The van der Waals surface area contributed by atoms with Crippen molar-refractivity contribution < 1.29 is 0 Å². The Morgan fingerprint density at radius 3 is 1.27 bits per heavy atom. The van der Waals surface area contributed by atoms with Gasteiger partial charge in [0, 0.05) is 22.0 Å². The van der Waals surface area contributed by atoms with Crippen molar-refractivity contribution in [1.82, 2.24) is 4.98 Å². The summed E-state index contributed by atoms with van der Waals surface area (Å²) in [6, 6.07) is 69.7. The van der Waals surface area contributed by atoms with Gasteiger partial charge in [0.1, 0.15) is 0 Å². The molecule has 10 aromatic rings. The van der Waals surface area contributed by atoms with Gasteiger partial charge in [0.25, 0.3) is 0 Å². The van der Waals surface area contributed by atoms with Gasteiger partial charge in [-0.05, 0) is 117 Å². The second-order valence-corrected chi connectivity index (χ2v) is 17.8. The molecule has 0 aliphatic heterocycles. The zero-order valence-electron chi connectivity index (χ0n) is 34.3. The summed E-state index contributed by atoms with van der Waals surface area (Å²) >= 11 is 0. The van der Waals surface area contributed by atoms with E-state index in [-0.39, 0.29) is 10.8 Å². The predicted octanol–water partition coefficient (Wildman–Crippen LogP) is 15.8. The third-order valence-electron chi connectivity index (χ3n) is 13.8. The molecule has 0 saturated carbocycles. The van der Waals surface area contributed by atoms with Crippen LogP contribution in [0.1, 0.15) is 49.9 Å². The minimum absolute atomic E-state index is 0.112. The highest BCUT2D eigenvalue weighted by molar-refractivity contribution is 6.26. The molecule has 1 heteroatoms. The minimum Gasteiger partial charge on any atom is -0.248 e. The topological polar surface area (TPSA) is 12.9 Å². The van der Waals surface area contributed by atoms with E-state index >= 15 is 0 Å². The molecule has 0 spiro atoms. The summed E-state index contributed by atoms with van der Waals surface area (Å²) in [4.78, 5) is 5.28. The molecule has 60 heavy (non-hydrogen) atoms. The lowest BCUT2D eigenvalue weighted by molar-refractivity contribution is 0.660. The molecule has 0 radical (unpaired) electrons. The smallest absolute Gasteiger partial charge is 0.0715 e. The van der Waals surface area contributed by atoms with Gasteiger partial charge in [-0.3, -0.25) is 0 Å². The Labute approximate surface area is 351 Å². The molecule has 0 fully saturated rings. The van der Waals surface area contributed by atoms with Crippen LogP contribution in [-0.4, -0.2) is 4.98 Å². The van der Waals surface area contributed by atoms with Gasteiger partial charge in [0.15, 0.2) is 0 Å². The maximum atomic E-state index is 5.28. The lowest BCUT2D eigenvalue weighted by Gasteiger charge is -2.26. The SMILES string of the molecule is CC1(C)c2ccccc2-c2c1ccc1c(-c3c4ccccc4c(-c4cc(-c5ccccc5)nc(-c5ccccc5)c4)c4ccccc34)cc3c(c21)-c1ccccc1C3(C)C. The Balaban J connectivity index is 1.22. The van der Waals surface area contributed by atoms with Crippen LogP contribution in [0.3, 0.4) is 0 Å². The molecule has 1 nitrogen and oxygen atoms in total. The Kier molecular flexibility index (Phi) is 7.39. The number of aromatic nitrogens is 1. The second kappa shape index (κ2) is 12.7. The molecule has 0 amide bonds. The van der Waals surface area contributed by atoms with Gasteiger partial charge in [-0.15, -0.1) is 0 Å². The second-order valence-electron chi connectivity index (χ2n) is 17.8. The van der Waals surface area contributed by atoms with Crippen molar-refractivity contribution in [3.63, 3.8) is 0 Å². The monoisotopic (exact) mass is 765 g/mol. The highest BCUT2D eigenvalue weighted by Crippen LogP contribution is 2.60. The van der Waals surface area contributed by atoms with Gasteiger partial charge in [-0.2, -0.15) is 0 Å². The fourth-order valence-corrected chi connectivity index (χ4v) is 11.0. The van der Waals surface area contributed by atoms with E-state index in [4.69, 9.17) is 4.98 Å². The standard InChI is InChI=1S/C59H43N/c1-58(2)47-29-17-15-27-44(47)55-49(58)32-31-43-46(35-50-56(57(43)55)45-28-16-18-30-48(45)59(50,3)4)54-41-25-13-11-23-39(41)53(40-24-12-14-26-42(40)54)38-33-51(36-19-7-5-8-20-36)60-52(34-38)37-21-9-6-10-22-37/h5-35H,1-4H3. The Bertz CT molecular complexity index is 3270. The lowest BCUT2D eigenvalue weighted by Crippen LogP contribution is -2.15. The van der Waals surface area contributed by atoms with Crippen LogP contribution in [0, 0.1) is 0 Å². The maximum absolute atomic E-state index is 5.28. The zero-order chi connectivity index (χ0) is 40.3. The molecule has 284 valence electrons. The van der Waals surface area contributed by atoms with Gasteiger partial charge in [0.05, 0.1) is 11.4 Å². The van der Waals surface area contributed by atoms with Crippen LogP contribution >= 0.6 is 0 Å². The molecular formula is C59H43N. The molecule has 0 unspecified atom stereocenters. The van der Waals surface area contributed by atoms with Crippen LogP contribution in [0.2, 0.25) is 0 Å². The molecule has 0 saturated heterocycles. The quantitative estimate of drug-likeness (QED) is 0.163. The van der Waals surface area contributed by atoms with Gasteiger partial charge < -0.3 is 0 Å². The van der Waals surface area contributed by atoms with Crippen LogP contribution < -0.4 is 0 Å². The molecule has 1 aromatic heterocycles. The van der Waals surface area contributed by atoms with E-state index in [9.17, 15) is 0 Å². The first kappa shape index (κ1) is 34.9. The largest absolute Gasteiger partial charge is 0.248 e. The van der Waals surface area contributed by atoms with Crippen LogP contribution in [-0.2, 0) is 10.8 Å². The highest BCUT2D eigenvalue weighted by Gasteiger charge is 2.42. The van der Waals surface area contributed by atoms with Gasteiger partial charge in [0.2, 0.25) is 0 Å². The molecule has 0 bridgehead atoms. The van der Waals surface area contributed by atoms with Crippen LogP contribution in [0.15, 0.2) is 188 Å². The summed E-state index contributed by atoms with van der Waals surface area (Å²) in [5.41, 5.74) is 19.9. The van der Waals surface area contributed by atoms with Crippen molar-refractivity contribution in [2.24, 2.45) is 0 Å². The fraction of sp³-hybridized carbons (Fsp3) is 0.102. The molecule has 0 atom stereocenters. The number of rotatable bonds is 4. The Hall–Kier alpha value is -7.09. The van der Waals surface area contributed by atoms with Crippen LogP contribution in [0.4, 0.5) is 0 Å². The van der Waals surface area contributed by atoms with E-state index in [0.717, 1.165) is 28.1 Å². The molecule has 2 aliphatic carbocycles. The highest BCUT2D eigenvalue weighted by atomic mass is 14.7. The first-order valence-electron chi connectivity index (χ1n) is 21.2. The minimum atomic E-state index is -0.185. The van der Waals surface area contributed by atoms with Gasteiger partial charge in [-0.25, -0.2) is 4.98 Å². The van der Waals surface area contributed by atoms with Crippen molar-refractivity contribution >= 4 is 32.3 Å². The van der Waals surface area contributed by atoms with E-state index in [0.29, 0.717) is 0 Å². The number of hydrogen-bond acceptors (Lipinski definition) is 1. The summed E-state index contributed by atoms with van der Waals surface area (Å²) in [5, 5.41) is 7.65. The third kappa shape index (κ3) is 4.84. The summed E-state index contributed by atoms with van der Waals surface area (Å²) in [6.07, 6.45) is 0. The van der Waals surface area contributed by atoms with E-state index in [1.54, 1.807) is 0 Å². The molecule has 1 heterocycles. The fourth-order valence-electron chi connectivity index (χ4n) is 11.0. The summed E-state index contributed by atoms with van der Waals surface area (Å²) in [6.45, 7) is 9.64.